The van der Waals surface area contributed by atoms with E-state index in [0.29, 0.717) is 18.3 Å². The van der Waals surface area contributed by atoms with Crippen LogP contribution in [0.2, 0.25) is 0 Å². The van der Waals surface area contributed by atoms with Gasteiger partial charge < -0.3 is 24.6 Å². The molecule has 1 unspecified atom stereocenters. The summed E-state index contributed by atoms with van der Waals surface area (Å²) in [6.07, 6.45) is -4.12. The fraction of sp³-hybridized carbons (Fsp3) is 0.455. The molecule has 5 heterocycles. The fourth-order valence-electron chi connectivity index (χ4n) is 3.90. The minimum absolute atomic E-state index is 0.147. The maximum Gasteiger partial charge on any atom is 0.490 e. The molecule has 12 nitrogen and oxygen atoms in total. The Kier molecular flexibility index (Phi) is 9.01. The van der Waals surface area contributed by atoms with Gasteiger partial charge in [0.15, 0.2) is 0 Å². The average molecular weight is 580 g/mol. The van der Waals surface area contributed by atoms with Crippen LogP contribution in [0.4, 0.5) is 32.2 Å². The number of alkyl halides is 6. The van der Waals surface area contributed by atoms with Crippen molar-refractivity contribution in [1.29, 1.82) is 0 Å². The summed E-state index contributed by atoms with van der Waals surface area (Å²) in [5.74, 6) is -2.70. The Morgan fingerprint density at radius 2 is 1.77 bits per heavy atom. The number of carboxylic acid groups (broad SMARTS) is 2. The van der Waals surface area contributed by atoms with E-state index in [1.54, 1.807) is 16.9 Å². The molecule has 0 aromatic carbocycles. The number of carboxylic acids is 2. The van der Waals surface area contributed by atoms with Gasteiger partial charge in [0.25, 0.3) is 5.78 Å². The minimum atomic E-state index is -5.08. The molecule has 5 rings (SSSR count). The highest BCUT2D eigenvalue weighted by Crippen LogP contribution is 2.42. The number of rotatable bonds is 4. The number of carbonyl (C=O) groups is 2. The van der Waals surface area contributed by atoms with Gasteiger partial charge in [0, 0.05) is 30.5 Å². The van der Waals surface area contributed by atoms with Gasteiger partial charge in [-0.2, -0.15) is 40.9 Å². The van der Waals surface area contributed by atoms with Crippen molar-refractivity contribution in [1.82, 2.24) is 24.6 Å². The number of hydrogen-bond acceptors (Lipinski definition) is 9. The van der Waals surface area contributed by atoms with E-state index in [1.165, 1.54) is 6.33 Å². The van der Waals surface area contributed by atoms with Gasteiger partial charge in [-0.15, -0.1) is 0 Å². The van der Waals surface area contributed by atoms with E-state index < -0.39 is 24.3 Å². The summed E-state index contributed by atoms with van der Waals surface area (Å²) in [6, 6.07) is 5.87. The van der Waals surface area contributed by atoms with Gasteiger partial charge in [-0.05, 0) is 25.5 Å². The van der Waals surface area contributed by atoms with Gasteiger partial charge in [-0.3, -0.25) is 4.98 Å². The van der Waals surface area contributed by atoms with Crippen LogP contribution >= 0.6 is 0 Å². The zero-order valence-electron chi connectivity index (χ0n) is 20.6. The van der Waals surface area contributed by atoms with E-state index in [9.17, 15) is 26.3 Å². The van der Waals surface area contributed by atoms with Crippen molar-refractivity contribution in [3.05, 3.63) is 42.6 Å². The molecule has 0 bridgehead atoms. The van der Waals surface area contributed by atoms with Gasteiger partial charge in [0.05, 0.1) is 25.9 Å². The number of fused-ring (bicyclic) bond motifs is 1. The lowest BCUT2D eigenvalue weighted by molar-refractivity contribution is -0.193. The molecule has 218 valence electrons. The molecule has 2 aliphatic heterocycles. The number of aromatic nitrogens is 5. The molecule has 0 aliphatic carbocycles. The normalized spacial score (nSPS) is 17.8. The maximum atomic E-state index is 10.6. The highest BCUT2D eigenvalue weighted by atomic mass is 19.4. The molecular weight excluding hydrogens is 558 g/mol. The highest BCUT2D eigenvalue weighted by molar-refractivity contribution is 5.73. The van der Waals surface area contributed by atoms with Gasteiger partial charge in [0.2, 0.25) is 0 Å². The third-order valence-corrected chi connectivity index (χ3v) is 5.77. The topological polar surface area (TPSA) is 152 Å². The molecule has 18 heteroatoms. The summed E-state index contributed by atoms with van der Waals surface area (Å²) < 4.78 is 77.4. The smallest absolute Gasteiger partial charge is 0.490 e. The maximum absolute atomic E-state index is 10.6. The summed E-state index contributed by atoms with van der Waals surface area (Å²) in [6.45, 7) is 5.06. The van der Waals surface area contributed by atoms with Crippen LogP contribution in [0.5, 0.6) is 5.75 Å². The SMILES string of the molecule is Cc1cc(N2CC3(C2)OCCC3COc2cccnc2)n2ncnc2n1.O=C(O)C(F)(F)F.O=C(O)C(F)(F)F. The largest absolute Gasteiger partial charge is 0.492 e. The predicted molar refractivity (Wildman–Crippen MR) is 122 cm³/mol. The number of halogens is 6. The van der Waals surface area contributed by atoms with Crippen molar-refractivity contribution >= 4 is 23.5 Å². The molecule has 0 radical (unpaired) electrons. The lowest BCUT2D eigenvalue weighted by Crippen LogP contribution is -2.66. The number of aryl methyl sites for hydroxylation is 1. The second-order valence-electron chi connectivity index (χ2n) is 8.59. The molecule has 1 atom stereocenters. The number of ether oxygens (including phenoxy) is 2. The van der Waals surface area contributed by atoms with E-state index in [0.717, 1.165) is 43.4 Å². The Morgan fingerprint density at radius 1 is 1.15 bits per heavy atom. The Bertz CT molecular complexity index is 1290. The number of pyridine rings is 1. The molecule has 3 aromatic rings. The van der Waals surface area contributed by atoms with Crippen molar-refractivity contribution in [3.63, 3.8) is 0 Å². The van der Waals surface area contributed by atoms with Gasteiger partial charge in [-0.25, -0.2) is 14.6 Å². The van der Waals surface area contributed by atoms with E-state index >= 15 is 0 Å². The monoisotopic (exact) mass is 580 g/mol. The van der Waals surface area contributed by atoms with E-state index in [4.69, 9.17) is 29.3 Å². The van der Waals surface area contributed by atoms with Crippen molar-refractivity contribution in [2.75, 3.05) is 31.2 Å². The molecule has 2 saturated heterocycles. The number of nitrogens with zero attached hydrogens (tertiary/aromatic N) is 6. The zero-order chi connectivity index (χ0) is 29.7. The van der Waals surface area contributed by atoms with E-state index in [2.05, 4.69) is 25.0 Å². The van der Waals surface area contributed by atoms with E-state index in [-0.39, 0.29) is 5.60 Å². The van der Waals surface area contributed by atoms with Crippen LogP contribution in [0.15, 0.2) is 36.9 Å². The zero-order valence-corrected chi connectivity index (χ0v) is 20.6. The summed E-state index contributed by atoms with van der Waals surface area (Å²) in [4.78, 5) is 32.8. The Balaban J connectivity index is 0.000000263. The van der Waals surface area contributed by atoms with Gasteiger partial charge >= 0.3 is 24.3 Å². The fourth-order valence-corrected chi connectivity index (χ4v) is 3.90. The summed E-state index contributed by atoms with van der Waals surface area (Å²) >= 11 is 0. The molecule has 1 spiro atoms. The van der Waals surface area contributed by atoms with Crippen LogP contribution in [0.3, 0.4) is 0 Å². The van der Waals surface area contributed by atoms with Crippen molar-refractivity contribution in [2.24, 2.45) is 5.92 Å². The average Bonchev–Trinajstić information content (AvgIpc) is 3.48. The third-order valence-electron chi connectivity index (χ3n) is 5.77. The van der Waals surface area contributed by atoms with Crippen LogP contribution < -0.4 is 9.64 Å². The molecule has 0 saturated carbocycles. The van der Waals surface area contributed by atoms with Crippen LogP contribution in [-0.2, 0) is 14.3 Å². The van der Waals surface area contributed by atoms with Crippen LogP contribution in [0.25, 0.3) is 5.78 Å². The van der Waals surface area contributed by atoms with Crippen molar-refractivity contribution < 1.29 is 55.6 Å². The molecule has 0 amide bonds. The second-order valence-corrected chi connectivity index (χ2v) is 8.59. The first kappa shape index (κ1) is 30.3. The lowest BCUT2D eigenvalue weighted by atomic mass is 9.81. The Morgan fingerprint density at radius 3 is 2.33 bits per heavy atom. The van der Waals surface area contributed by atoms with Crippen LogP contribution in [0.1, 0.15) is 12.1 Å². The molecule has 2 N–H and O–H groups in total. The highest BCUT2D eigenvalue weighted by Gasteiger charge is 2.54. The van der Waals surface area contributed by atoms with Gasteiger partial charge in [0.1, 0.15) is 23.5 Å². The minimum Gasteiger partial charge on any atom is -0.492 e. The second kappa shape index (κ2) is 11.9. The van der Waals surface area contributed by atoms with Crippen LogP contribution in [-0.4, -0.2) is 91.0 Å². The summed E-state index contributed by atoms with van der Waals surface area (Å²) in [7, 11) is 0. The first-order chi connectivity index (χ1) is 18.6. The quantitative estimate of drug-likeness (QED) is 0.438. The van der Waals surface area contributed by atoms with Gasteiger partial charge in [-0.1, -0.05) is 0 Å². The lowest BCUT2D eigenvalue weighted by Gasteiger charge is -2.50. The molecule has 3 aromatic heterocycles. The molecule has 2 aliphatic rings. The summed E-state index contributed by atoms with van der Waals surface area (Å²) in [5, 5.41) is 18.6. The number of hydrogen-bond donors (Lipinski definition) is 2. The molecular formula is C22H22F6N6O6. The third kappa shape index (κ3) is 7.45. The van der Waals surface area contributed by atoms with Crippen LogP contribution in [0, 0.1) is 12.8 Å². The van der Waals surface area contributed by atoms with E-state index in [1.807, 2.05) is 25.1 Å². The molecule has 40 heavy (non-hydrogen) atoms. The Labute approximate surface area is 221 Å². The summed E-state index contributed by atoms with van der Waals surface area (Å²) in [5.41, 5.74) is 0.789. The first-order valence-corrected chi connectivity index (χ1v) is 11.3. The number of aliphatic carboxylic acids is 2. The predicted octanol–water partition coefficient (Wildman–Crippen LogP) is 2.77. The first-order valence-electron chi connectivity index (χ1n) is 11.3. The number of anilines is 1. The van der Waals surface area contributed by atoms with Crippen molar-refractivity contribution in [2.45, 2.75) is 31.3 Å². The molecule has 2 fully saturated rings. The Hall–Kier alpha value is -4.22. The standard InChI is InChI=1S/C18H20N6O2.2C2HF3O2/c1-13-7-16(24-17(22-13)20-12-21-24)23-10-18(11-23)14(4-6-26-18)9-25-15-3-2-5-19-8-15;2*3-2(4,5)1(6)7/h2-3,5,7-8,12,14H,4,6,9-11H2,1H3;2*(H,6,7). The van der Waals surface area contributed by atoms with Crippen molar-refractivity contribution in [3.8, 4) is 5.75 Å².